The molecule has 0 atom stereocenters. The molecule has 1 N–H and O–H groups in total. The Morgan fingerprint density at radius 1 is 1.30 bits per heavy atom. The highest BCUT2D eigenvalue weighted by Gasteiger charge is 2.14. The summed E-state index contributed by atoms with van der Waals surface area (Å²) in [7, 11) is 1.79. The predicted molar refractivity (Wildman–Crippen MR) is 84.2 cm³/mol. The molecule has 7 heteroatoms. The summed E-state index contributed by atoms with van der Waals surface area (Å²) in [5.74, 6) is 0.0369. The third-order valence-electron chi connectivity index (χ3n) is 3.38. The Hall–Kier alpha value is -2.96. The van der Waals surface area contributed by atoms with Crippen LogP contribution in [-0.2, 0) is 18.4 Å². The van der Waals surface area contributed by atoms with Crippen molar-refractivity contribution in [2.45, 2.75) is 13.5 Å². The quantitative estimate of drug-likeness (QED) is 0.804. The maximum atomic E-state index is 13.1. The van der Waals surface area contributed by atoms with E-state index in [0.717, 1.165) is 11.1 Å². The maximum Gasteiger partial charge on any atom is 0.247 e. The van der Waals surface area contributed by atoms with Crippen molar-refractivity contribution in [1.82, 2.24) is 19.3 Å². The van der Waals surface area contributed by atoms with E-state index >= 15 is 0 Å². The van der Waals surface area contributed by atoms with Crippen LogP contribution in [0.3, 0.4) is 0 Å². The molecule has 0 aliphatic carbocycles. The molecule has 0 bridgehead atoms. The first-order valence-corrected chi connectivity index (χ1v) is 7.09. The Morgan fingerprint density at radius 2 is 2.04 bits per heavy atom. The Kier molecular flexibility index (Phi) is 3.92. The molecule has 0 radical (unpaired) electrons. The zero-order valence-corrected chi connectivity index (χ0v) is 12.8. The number of hydrogen-bond acceptors (Lipinski definition) is 3. The van der Waals surface area contributed by atoms with Gasteiger partial charge in [-0.15, -0.1) is 0 Å². The van der Waals surface area contributed by atoms with Crippen LogP contribution in [0.1, 0.15) is 5.56 Å². The number of nitrogens with one attached hydrogen (secondary N) is 1. The van der Waals surface area contributed by atoms with Crippen molar-refractivity contribution in [2.75, 3.05) is 5.32 Å². The number of benzene rings is 1. The fourth-order valence-corrected chi connectivity index (χ4v) is 2.27. The van der Waals surface area contributed by atoms with E-state index < -0.39 is 0 Å². The minimum atomic E-state index is -0.315. The molecule has 23 heavy (non-hydrogen) atoms. The highest BCUT2D eigenvalue weighted by atomic mass is 19.1. The molecule has 1 amide bonds. The van der Waals surface area contributed by atoms with Crippen LogP contribution < -0.4 is 5.32 Å². The predicted octanol–water partition coefficient (Wildman–Crippen LogP) is 2.37. The summed E-state index contributed by atoms with van der Waals surface area (Å²) in [4.78, 5) is 16.5. The second-order valence-electron chi connectivity index (χ2n) is 5.32. The van der Waals surface area contributed by atoms with E-state index in [2.05, 4.69) is 15.4 Å². The van der Waals surface area contributed by atoms with Gasteiger partial charge in [-0.3, -0.25) is 9.48 Å². The minimum absolute atomic E-state index is 0.113. The van der Waals surface area contributed by atoms with E-state index in [1.54, 1.807) is 47.2 Å². The molecule has 0 saturated carbocycles. The number of anilines is 1. The average molecular weight is 313 g/mol. The van der Waals surface area contributed by atoms with Crippen LogP contribution in [0, 0.1) is 12.7 Å². The highest BCUT2D eigenvalue weighted by Crippen LogP contribution is 2.26. The van der Waals surface area contributed by atoms with Gasteiger partial charge in [0, 0.05) is 18.8 Å². The number of rotatable bonds is 4. The van der Waals surface area contributed by atoms with Gasteiger partial charge in [-0.2, -0.15) is 5.10 Å². The van der Waals surface area contributed by atoms with Gasteiger partial charge in [0.05, 0.1) is 12.5 Å². The number of nitrogens with zero attached hydrogens (tertiary/aromatic N) is 4. The molecule has 0 aliphatic heterocycles. The Bertz CT molecular complexity index is 835. The number of amides is 1. The Labute approximate surface area is 132 Å². The number of aromatic nitrogens is 4. The lowest BCUT2D eigenvalue weighted by Gasteiger charge is -2.09. The van der Waals surface area contributed by atoms with E-state index in [1.165, 1.54) is 12.1 Å². The molecular weight excluding hydrogens is 297 g/mol. The number of imidazole rings is 1. The van der Waals surface area contributed by atoms with Gasteiger partial charge in [-0.05, 0) is 36.8 Å². The molecule has 3 rings (SSSR count). The van der Waals surface area contributed by atoms with Crippen molar-refractivity contribution in [3.63, 3.8) is 0 Å². The monoisotopic (exact) mass is 313 g/mol. The Morgan fingerprint density at radius 3 is 2.70 bits per heavy atom. The summed E-state index contributed by atoms with van der Waals surface area (Å²) in [5.41, 5.74) is 2.32. The lowest BCUT2D eigenvalue weighted by molar-refractivity contribution is -0.116. The van der Waals surface area contributed by atoms with Crippen molar-refractivity contribution >= 4 is 11.7 Å². The van der Waals surface area contributed by atoms with Gasteiger partial charge in [-0.1, -0.05) is 0 Å². The number of halogens is 1. The highest BCUT2D eigenvalue weighted by molar-refractivity contribution is 5.93. The number of aryl methyl sites for hydroxylation is 2. The topological polar surface area (TPSA) is 64.7 Å². The van der Waals surface area contributed by atoms with Gasteiger partial charge in [-0.25, -0.2) is 9.37 Å². The summed E-state index contributed by atoms with van der Waals surface area (Å²) < 4.78 is 16.3. The van der Waals surface area contributed by atoms with E-state index in [9.17, 15) is 9.18 Å². The van der Waals surface area contributed by atoms with Crippen LogP contribution >= 0.6 is 0 Å². The van der Waals surface area contributed by atoms with Crippen molar-refractivity contribution in [3.8, 4) is 11.3 Å². The largest absolute Gasteiger partial charge is 0.320 e. The zero-order chi connectivity index (χ0) is 16.4. The third kappa shape index (κ3) is 3.28. The lowest BCUT2D eigenvalue weighted by atomic mass is 10.1. The number of carbonyl (C=O) groups excluding carboxylic acids is 1. The smallest absolute Gasteiger partial charge is 0.247 e. The van der Waals surface area contributed by atoms with Gasteiger partial charge in [0.25, 0.3) is 0 Å². The average Bonchev–Trinajstić information content (AvgIpc) is 3.07. The van der Waals surface area contributed by atoms with E-state index in [1.807, 2.05) is 6.92 Å². The third-order valence-corrected chi connectivity index (χ3v) is 3.38. The van der Waals surface area contributed by atoms with Crippen LogP contribution in [-0.4, -0.2) is 25.2 Å². The summed E-state index contributed by atoms with van der Waals surface area (Å²) >= 11 is 0. The van der Waals surface area contributed by atoms with Crippen LogP contribution in [0.25, 0.3) is 11.3 Å². The second kappa shape index (κ2) is 6.04. The molecule has 0 fully saturated rings. The molecule has 6 nitrogen and oxygen atoms in total. The van der Waals surface area contributed by atoms with Crippen LogP contribution in [0.4, 0.5) is 10.2 Å². The molecule has 0 unspecified atom stereocenters. The summed E-state index contributed by atoms with van der Waals surface area (Å²) in [6, 6.07) is 5.98. The zero-order valence-electron chi connectivity index (χ0n) is 12.8. The lowest BCUT2D eigenvalue weighted by Crippen LogP contribution is -2.20. The van der Waals surface area contributed by atoms with Crippen molar-refractivity contribution in [2.24, 2.45) is 7.05 Å². The van der Waals surface area contributed by atoms with Gasteiger partial charge in [0.15, 0.2) is 0 Å². The molecule has 0 saturated heterocycles. The molecule has 2 heterocycles. The number of carbonyl (C=O) groups is 1. The summed E-state index contributed by atoms with van der Waals surface area (Å²) in [6.45, 7) is 2.02. The minimum Gasteiger partial charge on any atom is -0.320 e. The Balaban J connectivity index is 1.81. The fraction of sp³-hybridized carbons (Fsp3) is 0.188. The molecule has 0 aliphatic rings. The molecule has 118 valence electrons. The molecule has 0 spiro atoms. The van der Waals surface area contributed by atoms with Crippen LogP contribution in [0.5, 0.6) is 0 Å². The molecule has 2 aromatic heterocycles. The molecular formula is C16H16FN5O. The SMILES string of the molecule is Cc1cnn(CC(=O)Nc2c(-c3ccc(F)cc3)ncn2C)c1. The first-order valence-electron chi connectivity index (χ1n) is 7.09. The van der Waals surface area contributed by atoms with E-state index in [4.69, 9.17) is 0 Å². The fourth-order valence-electron chi connectivity index (χ4n) is 2.27. The van der Waals surface area contributed by atoms with E-state index in [0.29, 0.717) is 11.5 Å². The maximum absolute atomic E-state index is 13.1. The van der Waals surface area contributed by atoms with Crippen LogP contribution in [0.15, 0.2) is 43.0 Å². The first-order chi connectivity index (χ1) is 11.0. The van der Waals surface area contributed by atoms with E-state index in [-0.39, 0.29) is 18.3 Å². The molecule has 3 aromatic rings. The summed E-state index contributed by atoms with van der Waals surface area (Å²) in [6.07, 6.45) is 5.09. The van der Waals surface area contributed by atoms with Crippen LogP contribution in [0.2, 0.25) is 0 Å². The standard InChI is InChI=1S/C16H16FN5O/c1-11-7-19-22(8-11)9-14(23)20-16-15(18-10-21(16)2)12-3-5-13(17)6-4-12/h3-8,10H,9H2,1-2H3,(H,20,23). The van der Waals surface area contributed by atoms with Gasteiger partial charge < -0.3 is 9.88 Å². The van der Waals surface area contributed by atoms with Crippen molar-refractivity contribution < 1.29 is 9.18 Å². The first kappa shape index (κ1) is 15.0. The van der Waals surface area contributed by atoms with Crippen molar-refractivity contribution in [1.29, 1.82) is 0 Å². The second-order valence-corrected chi connectivity index (χ2v) is 5.32. The molecule has 1 aromatic carbocycles. The number of hydrogen-bond donors (Lipinski definition) is 1. The van der Waals surface area contributed by atoms with Gasteiger partial charge in [0.2, 0.25) is 5.91 Å². The summed E-state index contributed by atoms with van der Waals surface area (Å²) in [5, 5.41) is 6.93. The normalized spacial score (nSPS) is 10.7. The van der Waals surface area contributed by atoms with Gasteiger partial charge >= 0.3 is 0 Å². The van der Waals surface area contributed by atoms with Gasteiger partial charge in [0.1, 0.15) is 23.9 Å². The van der Waals surface area contributed by atoms with Crippen molar-refractivity contribution in [3.05, 3.63) is 54.4 Å².